The summed E-state index contributed by atoms with van der Waals surface area (Å²) in [5.74, 6) is -1.98. The van der Waals surface area contributed by atoms with Gasteiger partial charge in [-0.15, -0.1) is 13.2 Å². The quantitative estimate of drug-likeness (QED) is 0.783. The molecule has 1 aromatic carbocycles. The van der Waals surface area contributed by atoms with Crippen molar-refractivity contribution >= 4 is 16.0 Å². The Morgan fingerprint density at radius 1 is 1.26 bits per heavy atom. The third-order valence-electron chi connectivity index (χ3n) is 2.67. The molecular weight excluding hydrogens is 339 g/mol. The number of sulfonamides is 1. The van der Waals surface area contributed by atoms with E-state index in [0.29, 0.717) is 0 Å². The molecule has 0 spiro atoms. The van der Waals surface area contributed by atoms with Gasteiger partial charge in [0.25, 0.3) is 0 Å². The Hall–Kier alpha value is -1.81. The first-order valence-electron chi connectivity index (χ1n) is 6.51. The second-order valence-electron chi connectivity index (χ2n) is 5.16. The molecule has 0 aromatic heterocycles. The fourth-order valence-electron chi connectivity index (χ4n) is 1.75. The second kappa shape index (κ2) is 7.18. The fourth-order valence-corrected chi connectivity index (χ4v) is 2.95. The van der Waals surface area contributed by atoms with Gasteiger partial charge >= 0.3 is 12.3 Å². The number of carboxylic acid groups (broad SMARTS) is 1. The fraction of sp³-hybridized carbons (Fsp3) is 0.462. The molecule has 1 unspecified atom stereocenters. The van der Waals surface area contributed by atoms with Crippen molar-refractivity contribution in [3.63, 3.8) is 0 Å². The number of hydrogen-bond acceptors (Lipinski definition) is 4. The van der Waals surface area contributed by atoms with Crippen LogP contribution in [0.2, 0.25) is 0 Å². The summed E-state index contributed by atoms with van der Waals surface area (Å²) in [6.07, 6.45) is -4.81. The minimum atomic E-state index is -4.88. The molecule has 10 heteroatoms. The zero-order valence-electron chi connectivity index (χ0n) is 12.3. The summed E-state index contributed by atoms with van der Waals surface area (Å²) in [6.45, 7) is 3.46. The van der Waals surface area contributed by atoms with Crippen molar-refractivity contribution in [3.8, 4) is 5.75 Å². The first kappa shape index (κ1) is 19.2. The number of rotatable bonds is 7. The lowest BCUT2D eigenvalue weighted by Gasteiger charge is -2.17. The Bertz CT molecular complexity index is 641. The van der Waals surface area contributed by atoms with E-state index >= 15 is 0 Å². The van der Waals surface area contributed by atoms with Crippen LogP contribution in [-0.2, 0) is 14.8 Å². The van der Waals surface area contributed by atoms with Crippen LogP contribution in [0, 0.1) is 5.92 Å². The average Bonchev–Trinajstić information content (AvgIpc) is 2.35. The molecule has 0 radical (unpaired) electrons. The molecule has 0 saturated heterocycles. The van der Waals surface area contributed by atoms with Crippen LogP contribution in [0.1, 0.15) is 20.3 Å². The van der Waals surface area contributed by atoms with Crippen LogP contribution >= 0.6 is 0 Å². The van der Waals surface area contributed by atoms with Crippen molar-refractivity contribution in [2.45, 2.75) is 37.6 Å². The number of hydrogen-bond donors (Lipinski definition) is 2. The second-order valence-corrected chi connectivity index (χ2v) is 6.87. The molecule has 1 rings (SSSR count). The predicted octanol–water partition coefficient (Wildman–Crippen LogP) is 2.36. The highest BCUT2D eigenvalue weighted by molar-refractivity contribution is 7.89. The van der Waals surface area contributed by atoms with Crippen molar-refractivity contribution in [2.24, 2.45) is 5.92 Å². The van der Waals surface area contributed by atoms with Gasteiger partial charge in [-0.2, -0.15) is 4.72 Å². The molecule has 0 fully saturated rings. The monoisotopic (exact) mass is 355 g/mol. The summed E-state index contributed by atoms with van der Waals surface area (Å²) >= 11 is 0. The summed E-state index contributed by atoms with van der Waals surface area (Å²) in [4.78, 5) is 10.7. The van der Waals surface area contributed by atoms with Crippen LogP contribution in [0.15, 0.2) is 29.2 Å². The highest BCUT2D eigenvalue weighted by atomic mass is 32.2. The van der Waals surface area contributed by atoms with Crippen molar-refractivity contribution in [3.05, 3.63) is 24.3 Å². The van der Waals surface area contributed by atoms with Crippen molar-refractivity contribution < 1.29 is 36.2 Å². The summed E-state index contributed by atoms with van der Waals surface area (Å²) in [6, 6.07) is 2.14. The number of carboxylic acids is 1. The van der Waals surface area contributed by atoms with E-state index < -0.39 is 34.1 Å². The maximum atomic E-state index is 12.1. The molecular formula is C13H16F3NO5S. The molecule has 0 bridgehead atoms. The molecule has 0 saturated carbocycles. The van der Waals surface area contributed by atoms with E-state index in [1.54, 1.807) is 13.8 Å². The maximum absolute atomic E-state index is 12.1. The van der Waals surface area contributed by atoms with Crippen molar-refractivity contribution in [1.82, 2.24) is 4.72 Å². The number of nitrogens with one attached hydrogen (secondary N) is 1. The molecule has 1 aromatic rings. The summed E-state index contributed by atoms with van der Waals surface area (Å²) in [5.41, 5.74) is 0. The predicted molar refractivity (Wildman–Crippen MR) is 74.3 cm³/mol. The van der Waals surface area contributed by atoms with Gasteiger partial charge in [0.1, 0.15) is 11.8 Å². The van der Waals surface area contributed by atoms with Crippen LogP contribution in [0.25, 0.3) is 0 Å². The Morgan fingerprint density at radius 2 is 1.78 bits per heavy atom. The van der Waals surface area contributed by atoms with Gasteiger partial charge in [-0.05, 0) is 36.6 Å². The number of alkyl halides is 3. The van der Waals surface area contributed by atoms with Crippen molar-refractivity contribution in [1.29, 1.82) is 0 Å². The Kier molecular flexibility index (Phi) is 6.00. The first-order valence-corrected chi connectivity index (χ1v) is 8.00. The Labute approximate surface area is 131 Å². The summed E-state index contributed by atoms with van der Waals surface area (Å²) in [7, 11) is -4.18. The lowest BCUT2D eigenvalue weighted by molar-refractivity contribution is -0.274. The normalized spacial score (nSPS) is 13.8. The third-order valence-corrected chi connectivity index (χ3v) is 4.16. The smallest absolute Gasteiger partial charge is 0.480 e. The van der Waals surface area contributed by atoms with Gasteiger partial charge < -0.3 is 9.84 Å². The Balaban J connectivity index is 2.93. The van der Waals surface area contributed by atoms with Gasteiger partial charge in [0.05, 0.1) is 4.90 Å². The molecule has 0 amide bonds. The van der Waals surface area contributed by atoms with Crippen LogP contribution in [-0.4, -0.2) is 31.9 Å². The lowest BCUT2D eigenvalue weighted by Crippen LogP contribution is -2.41. The third kappa shape index (κ3) is 6.45. The van der Waals surface area contributed by atoms with Crippen LogP contribution < -0.4 is 9.46 Å². The molecule has 0 heterocycles. The van der Waals surface area contributed by atoms with Gasteiger partial charge in [-0.3, -0.25) is 4.79 Å². The molecule has 23 heavy (non-hydrogen) atoms. The number of carbonyl (C=O) groups is 1. The van der Waals surface area contributed by atoms with E-state index in [-0.39, 0.29) is 17.2 Å². The zero-order valence-corrected chi connectivity index (χ0v) is 13.1. The standard InChI is InChI=1S/C13H16F3NO5S/c1-8(2)7-11(12(18)19)17-23(20,21)10-5-3-9(4-6-10)22-13(14,15)16/h3-6,8,11,17H,7H2,1-2H3,(H,18,19). The van der Waals surface area contributed by atoms with Gasteiger partial charge in [0.15, 0.2) is 0 Å². The van der Waals surface area contributed by atoms with Gasteiger partial charge in [0, 0.05) is 0 Å². The molecule has 0 aliphatic heterocycles. The highest BCUT2D eigenvalue weighted by Gasteiger charge is 2.31. The van der Waals surface area contributed by atoms with E-state index in [2.05, 4.69) is 4.74 Å². The maximum Gasteiger partial charge on any atom is 0.573 e. The van der Waals surface area contributed by atoms with E-state index in [4.69, 9.17) is 5.11 Å². The molecule has 0 aliphatic carbocycles. The van der Waals surface area contributed by atoms with E-state index in [1.165, 1.54) is 0 Å². The van der Waals surface area contributed by atoms with Crippen molar-refractivity contribution in [2.75, 3.05) is 0 Å². The summed E-state index contributed by atoms with van der Waals surface area (Å²) < 4.78 is 65.9. The molecule has 1 atom stereocenters. The zero-order chi connectivity index (χ0) is 17.8. The van der Waals surface area contributed by atoms with E-state index in [0.717, 1.165) is 24.3 Å². The minimum Gasteiger partial charge on any atom is -0.480 e. The number of benzene rings is 1. The highest BCUT2D eigenvalue weighted by Crippen LogP contribution is 2.24. The molecule has 130 valence electrons. The van der Waals surface area contributed by atoms with Crippen LogP contribution in [0.5, 0.6) is 5.75 Å². The number of aliphatic carboxylic acids is 1. The first-order chi connectivity index (χ1) is 10.4. The van der Waals surface area contributed by atoms with Gasteiger partial charge in [-0.25, -0.2) is 8.42 Å². The Morgan fingerprint density at radius 3 is 2.17 bits per heavy atom. The summed E-state index contributed by atoms with van der Waals surface area (Å²) in [5, 5.41) is 9.03. The largest absolute Gasteiger partial charge is 0.573 e. The van der Waals surface area contributed by atoms with Gasteiger partial charge in [-0.1, -0.05) is 13.8 Å². The number of ether oxygens (including phenoxy) is 1. The average molecular weight is 355 g/mol. The van der Waals surface area contributed by atoms with E-state index in [9.17, 15) is 26.4 Å². The molecule has 2 N–H and O–H groups in total. The van der Waals surface area contributed by atoms with Crippen LogP contribution in [0.4, 0.5) is 13.2 Å². The van der Waals surface area contributed by atoms with Gasteiger partial charge in [0.2, 0.25) is 10.0 Å². The topological polar surface area (TPSA) is 92.7 Å². The minimum absolute atomic E-state index is 0.0682. The molecule has 0 aliphatic rings. The number of halogens is 3. The van der Waals surface area contributed by atoms with E-state index in [1.807, 2.05) is 4.72 Å². The lowest BCUT2D eigenvalue weighted by atomic mass is 10.1. The molecule has 6 nitrogen and oxygen atoms in total. The SMILES string of the molecule is CC(C)CC(NS(=O)(=O)c1ccc(OC(F)(F)F)cc1)C(=O)O. The van der Waals surface area contributed by atoms with Crippen LogP contribution in [0.3, 0.4) is 0 Å².